The Balaban J connectivity index is 1.82. The normalized spacial score (nSPS) is 10.6. The number of hydrogen-bond donors (Lipinski definition) is 1. The van der Waals surface area contributed by atoms with Crippen molar-refractivity contribution in [1.82, 2.24) is 4.98 Å². The number of thiazole rings is 1. The van der Waals surface area contributed by atoms with E-state index in [4.69, 9.17) is 0 Å². The van der Waals surface area contributed by atoms with Gasteiger partial charge < -0.3 is 0 Å². The first-order chi connectivity index (χ1) is 10.5. The van der Waals surface area contributed by atoms with Crippen molar-refractivity contribution in [3.63, 3.8) is 0 Å². The molecule has 4 nitrogen and oxygen atoms in total. The van der Waals surface area contributed by atoms with E-state index in [-0.39, 0.29) is 0 Å². The van der Waals surface area contributed by atoms with Crippen LogP contribution in [0, 0.1) is 13.8 Å². The molecule has 0 radical (unpaired) electrons. The summed E-state index contributed by atoms with van der Waals surface area (Å²) in [7, 11) is 0. The van der Waals surface area contributed by atoms with Gasteiger partial charge in [-0.1, -0.05) is 53.3 Å². The third-order valence-corrected chi connectivity index (χ3v) is 4.30. The number of Topliss-reactive ketones (excluding diaryl/α,β-unsaturated/α-hetero) is 1. The van der Waals surface area contributed by atoms with E-state index in [1.165, 1.54) is 11.3 Å². The fourth-order valence-electron chi connectivity index (χ4n) is 2.13. The molecule has 5 heteroatoms. The van der Waals surface area contributed by atoms with E-state index in [0.29, 0.717) is 10.7 Å². The highest BCUT2D eigenvalue weighted by Gasteiger charge is 2.18. The standard InChI is InChI=1S/C17H14N2O2S/c1-10-6-8-12(9-7-10)15(20)16(21)19-17-18-14-11(2)4-3-5-13(14)22-17/h3-9H,1-2H3,(H,18,19,21). The Bertz CT molecular complexity index is 866. The molecule has 22 heavy (non-hydrogen) atoms. The lowest BCUT2D eigenvalue weighted by atomic mass is 10.1. The topological polar surface area (TPSA) is 59.1 Å². The summed E-state index contributed by atoms with van der Waals surface area (Å²) in [4.78, 5) is 28.5. The first kappa shape index (κ1) is 14.4. The van der Waals surface area contributed by atoms with Gasteiger partial charge in [-0.2, -0.15) is 0 Å². The number of hydrogen-bond acceptors (Lipinski definition) is 4. The van der Waals surface area contributed by atoms with Gasteiger partial charge in [0.05, 0.1) is 10.2 Å². The van der Waals surface area contributed by atoms with Crippen LogP contribution in [0.2, 0.25) is 0 Å². The first-order valence-electron chi connectivity index (χ1n) is 6.83. The average molecular weight is 310 g/mol. The maximum atomic E-state index is 12.1. The zero-order chi connectivity index (χ0) is 15.7. The summed E-state index contributed by atoms with van der Waals surface area (Å²) >= 11 is 1.36. The van der Waals surface area contributed by atoms with Gasteiger partial charge in [0.15, 0.2) is 5.13 Å². The van der Waals surface area contributed by atoms with E-state index in [9.17, 15) is 9.59 Å². The number of fused-ring (bicyclic) bond motifs is 1. The number of ketones is 1. The van der Waals surface area contributed by atoms with Crippen LogP contribution in [0.4, 0.5) is 5.13 Å². The maximum absolute atomic E-state index is 12.1. The number of para-hydroxylation sites is 1. The number of benzene rings is 2. The molecule has 0 aliphatic heterocycles. The van der Waals surface area contributed by atoms with Crippen LogP contribution >= 0.6 is 11.3 Å². The van der Waals surface area contributed by atoms with Crippen molar-refractivity contribution >= 4 is 38.4 Å². The molecular formula is C17H14N2O2S. The fourth-order valence-corrected chi connectivity index (χ4v) is 3.07. The number of aryl methyl sites for hydroxylation is 2. The predicted molar refractivity (Wildman–Crippen MR) is 88.5 cm³/mol. The van der Waals surface area contributed by atoms with Crippen molar-refractivity contribution in [2.45, 2.75) is 13.8 Å². The van der Waals surface area contributed by atoms with Crippen molar-refractivity contribution in [2.24, 2.45) is 0 Å². The van der Waals surface area contributed by atoms with Crippen molar-refractivity contribution in [1.29, 1.82) is 0 Å². The quantitative estimate of drug-likeness (QED) is 0.592. The van der Waals surface area contributed by atoms with E-state index in [1.807, 2.05) is 44.2 Å². The van der Waals surface area contributed by atoms with Crippen LogP contribution in [0.15, 0.2) is 42.5 Å². The van der Waals surface area contributed by atoms with Crippen LogP contribution in [0.25, 0.3) is 10.2 Å². The Morgan fingerprint density at radius 2 is 1.77 bits per heavy atom. The van der Waals surface area contributed by atoms with Gasteiger partial charge in [-0.3, -0.25) is 14.9 Å². The van der Waals surface area contributed by atoms with Crippen molar-refractivity contribution in [2.75, 3.05) is 5.32 Å². The molecule has 2 aromatic carbocycles. The number of nitrogens with one attached hydrogen (secondary N) is 1. The fraction of sp³-hybridized carbons (Fsp3) is 0.118. The van der Waals surface area contributed by atoms with Gasteiger partial charge >= 0.3 is 0 Å². The van der Waals surface area contributed by atoms with Crippen LogP contribution in [0.3, 0.4) is 0 Å². The Morgan fingerprint density at radius 1 is 1.05 bits per heavy atom. The highest BCUT2D eigenvalue weighted by atomic mass is 32.1. The van der Waals surface area contributed by atoms with Gasteiger partial charge in [0.2, 0.25) is 0 Å². The van der Waals surface area contributed by atoms with Crippen molar-refractivity contribution < 1.29 is 9.59 Å². The Kier molecular flexibility index (Phi) is 3.73. The second kappa shape index (κ2) is 5.69. The molecule has 0 unspecified atom stereocenters. The third kappa shape index (κ3) is 2.76. The molecule has 0 saturated carbocycles. The van der Waals surface area contributed by atoms with E-state index in [1.54, 1.807) is 12.1 Å². The molecule has 0 aliphatic rings. The Labute approximate surface area is 131 Å². The largest absolute Gasteiger partial charge is 0.298 e. The highest BCUT2D eigenvalue weighted by molar-refractivity contribution is 7.22. The molecule has 0 fully saturated rings. The van der Waals surface area contributed by atoms with Crippen LogP contribution in [0.1, 0.15) is 21.5 Å². The van der Waals surface area contributed by atoms with Gasteiger partial charge in [0.1, 0.15) is 0 Å². The lowest BCUT2D eigenvalue weighted by Crippen LogP contribution is -2.22. The highest BCUT2D eigenvalue weighted by Crippen LogP contribution is 2.27. The molecule has 3 aromatic rings. The average Bonchev–Trinajstić information content (AvgIpc) is 2.91. The van der Waals surface area contributed by atoms with Crippen molar-refractivity contribution in [3.8, 4) is 0 Å². The number of anilines is 1. The number of amides is 1. The summed E-state index contributed by atoms with van der Waals surface area (Å²) in [6, 6.07) is 12.8. The molecule has 0 aliphatic carbocycles. The van der Waals surface area contributed by atoms with E-state index < -0.39 is 11.7 Å². The molecule has 0 saturated heterocycles. The second-order valence-electron chi connectivity index (χ2n) is 5.09. The maximum Gasteiger partial charge on any atom is 0.298 e. The number of rotatable bonds is 3. The van der Waals surface area contributed by atoms with Crippen molar-refractivity contribution in [3.05, 3.63) is 59.2 Å². The molecule has 0 bridgehead atoms. The Morgan fingerprint density at radius 3 is 2.45 bits per heavy atom. The van der Waals surface area contributed by atoms with Gasteiger partial charge in [-0.25, -0.2) is 4.98 Å². The molecule has 110 valence electrons. The van der Waals surface area contributed by atoms with Crippen LogP contribution in [0.5, 0.6) is 0 Å². The number of nitrogens with zero attached hydrogens (tertiary/aromatic N) is 1. The monoisotopic (exact) mass is 310 g/mol. The minimum atomic E-state index is -0.666. The zero-order valence-corrected chi connectivity index (χ0v) is 13.0. The molecule has 1 N–H and O–H groups in total. The summed E-state index contributed by atoms with van der Waals surface area (Å²) in [5, 5.41) is 3.03. The lowest BCUT2D eigenvalue weighted by Gasteiger charge is -2.01. The van der Waals surface area contributed by atoms with Gasteiger partial charge in [0.25, 0.3) is 11.7 Å². The minimum absolute atomic E-state index is 0.375. The predicted octanol–water partition coefficient (Wildman–Crippen LogP) is 3.73. The summed E-state index contributed by atoms with van der Waals surface area (Å²) in [5.74, 6) is -1.23. The number of carbonyl (C=O) groups excluding carboxylic acids is 2. The van der Waals surface area contributed by atoms with E-state index in [0.717, 1.165) is 21.3 Å². The molecule has 1 heterocycles. The first-order valence-corrected chi connectivity index (χ1v) is 7.65. The number of carbonyl (C=O) groups is 2. The van der Waals surface area contributed by atoms with Gasteiger partial charge in [0, 0.05) is 5.56 Å². The lowest BCUT2D eigenvalue weighted by molar-refractivity contribution is -0.112. The molecule has 0 spiro atoms. The summed E-state index contributed by atoms with van der Waals surface area (Å²) in [6.07, 6.45) is 0. The van der Waals surface area contributed by atoms with E-state index >= 15 is 0 Å². The Hall–Kier alpha value is -2.53. The van der Waals surface area contributed by atoms with Gasteiger partial charge in [-0.05, 0) is 25.5 Å². The smallest absolute Gasteiger partial charge is 0.295 e. The molecular weight excluding hydrogens is 296 g/mol. The summed E-state index contributed by atoms with van der Waals surface area (Å²) < 4.78 is 0.984. The molecule has 0 atom stereocenters. The second-order valence-corrected chi connectivity index (χ2v) is 6.12. The van der Waals surface area contributed by atoms with Crippen LogP contribution < -0.4 is 5.32 Å². The summed E-state index contributed by atoms with van der Waals surface area (Å²) in [6.45, 7) is 3.89. The van der Waals surface area contributed by atoms with Crippen LogP contribution in [-0.4, -0.2) is 16.7 Å². The molecule has 1 aromatic heterocycles. The minimum Gasteiger partial charge on any atom is -0.295 e. The van der Waals surface area contributed by atoms with Crippen LogP contribution in [-0.2, 0) is 4.79 Å². The molecule has 3 rings (SSSR count). The van der Waals surface area contributed by atoms with Gasteiger partial charge in [-0.15, -0.1) is 0 Å². The zero-order valence-electron chi connectivity index (χ0n) is 12.2. The third-order valence-electron chi connectivity index (χ3n) is 3.36. The van der Waals surface area contributed by atoms with E-state index in [2.05, 4.69) is 10.3 Å². The molecule has 1 amide bonds. The summed E-state index contributed by atoms with van der Waals surface area (Å²) in [5.41, 5.74) is 3.31. The number of aromatic nitrogens is 1. The SMILES string of the molecule is Cc1ccc(C(=O)C(=O)Nc2nc3c(C)cccc3s2)cc1.